The molecule has 0 aromatic rings. The number of ether oxygens (including phenoxy) is 1. The van der Waals surface area contributed by atoms with E-state index in [4.69, 9.17) is 4.74 Å². The topological polar surface area (TPSA) is 9.23 Å². The van der Waals surface area contributed by atoms with Crippen LogP contribution in [-0.2, 0) is 4.74 Å². The first-order valence-electron chi connectivity index (χ1n) is 5.25. The average molecular weight is 172 g/mol. The molecular weight excluding hydrogens is 148 g/mol. The average Bonchev–Trinajstić information content (AvgIpc) is 2.10. The van der Waals surface area contributed by atoms with Gasteiger partial charge in [0.05, 0.1) is 0 Å². The van der Waals surface area contributed by atoms with Crippen molar-refractivity contribution >= 4 is 0 Å². The molecule has 12 heavy (non-hydrogen) atoms. The van der Waals surface area contributed by atoms with Crippen molar-refractivity contribution in [2.45, 2.75) is 46.5 Å². The van der Waals surface area contributed by atoms with Gasteiger partial charge in [0.2, 0.25) is 0 Å². The standard InChI is InChI=1S/C11H24O/c1-5-7-11(6-2)10(3)8-9-12-4/h10-11H,5-9H2,1-4H3. The van der Waals surface area contributed by atoms with E-state index in [0.717, 1.165) is 18.4 Å². The van der Waals surface area contributed by atoms with Crippen LogP contribution < -0.4 is 0 Å². The van der Waals surface area contributed by atoms with E-state index >= 15 is 0 Å². The Morgan fingerprint density at radius 1 is 1.17 bits per heavy atom. The Morgan fingerprint density at radius 3 is 2.25 bits per heavy atom. The van der Waals surface area contributed by atoms with Crippen molar-refractivity contribution in [1.82, 2.24) is 0 Å². The van der Waals surface area contributed by atoms with Crippen LogP contribution >= 0.6 is 0 Å². The van der Waals surface area contributed by atoms with Gasteiger partial charge in [-0.25, -0.2) is 0 Å². The molecule has 0 amide bonds. The van der Waals surface area contributed by atoms with E-state index in [9.17, 15) is 0 Å². The van der Waals surface area contributed by atoms with E-state index in [0.29, 0.717) is 0 Å². The summed E-state index contributed by atoms with van der Waals surface area (Å²) in [5.74, 6) is 1.74. The summed E-state index contributed by atoms with van der Waals surface area (Å²) in [6.07, 6.45) is 5.23. The molecule has 0 bridgehead atoms. The Labute approximate surface area is 77.5 Å². The van der Waals surface area contributed by atoms with Crippen molar-refractivity contribution in [2.24, 2.45) is 11.8 Å². The van der Waals surface area contributed by atoms with Crippen LogP contribution in [0.5, 0.6) is 0 Å². The van der Waals surface area contributed by atoms with E-state index < -0.39 is 0 Å². The van der Waals surface area contributed by atoms with Gasteiger partial charge in [-0.05, 0) is 18.3 Å². The minimum absolute atomic E-state index is 0.829. The lowest BCUT2D eigenvalue weighted by molar-refractivity contribution is 0.161. The zero-order valence-electron chi connectivity index (χ0n) is 9.10. The van der Waals surface area contributed by atoms with Crippen molar-refractivity contribution in [3.8, 4) is 0 Å². The lowest BCUT2D eigenvalue weighted by atomic mass is 9.86. The van der Waals surface area contributed by atoms with Crippen LogP contribution in [-0.4, -0.2) is 13.7 Å². The normalized spacial score (nSPS) is 16.0. The van der Waals surface area contributed by atoms with Crippen LogP contribution in [0.4, 0.5) is 0 Å². The van der Waals surface area contributed by atoms with Crippen LogP contribution in [0.25, 0.3) is 0 Å². The molecule has 0 spiro atoms. The summed E-state index contributed by atoms with van der Waals surface area (Å²) in [5.41, 5.74) is 0. The van der Waals surface area contributed by atoms with E-state index in [1.165, 1.54) is 25.7 Å². The molecule has 0 aliphatic carbocycles. The van der Waals surface area contributed by atoms with Gasteiger partial charge in [-0.3, -0.25) is 0 Å². The minimum Gasteiger partial charge on any atom is -0.385 e. The lowest BCUT2D eigenvalue weighted by Crippen LogP contribution is -2.12. The second kappa shape index (κ2) is 7.60. The van der Waals surface area contributed by atoms with Gasteiger partial charge in [0.25, 0.3) is 0 Å². The maximum atomic E-state index is 5.09. The smallest absolute Gasteiger partial charge is 0.0464 e. The largest absolute Gasteiger partial charge is 0.385 e. The molecule has 0 radical (unpaired) electrons. The van der Waals surface area contributed by atoms with Crippen LogP contribution in [0.3, 0.4) is 0 Å². The third-order valence-electron chi connectivity index (χ3n) is 2.77. The zero-order chi connectivity index (χ0) is 9.40. The molecule has 0 fully saturated rings. The first kappa shape index (κ1) is 12.0. The summed E-state index contributed by atoms with van der Waals surface area (Å²) in [7, 11) is 1.79. The van der Waals surface area contributed by atoms with Gasteiger partial charge in [0.15, 0.2) is 0 Å². The quantitative estimate of drug-likeness (QED) is 0.571. The monoisotopic (exact) mass is 172 g/mol. The highest BCUT2D eigenvalue weighted by Gasteiger charge is 2.13. The Kier molecular flexibility index (Phi) is 7.58. The highest BCUT2D eigenvalue weighted by Crippen LogP contribution is 2.23. The Balaban J connectivity index is 3.60. The molecule has 1 nitrogen and oxygen atoms in total. The highest BCUT2D eigenvalue weighted by molar-refractivity contribution is 4.64. The minimum atomic E-state index is 0.829. The van der Waals surface area contributed by atoms with Crippen molar-refractivity contribution in [3.05, 3.63) is 0 Å². The van der Waals surface area contributed by atoms with Gasteiger partial charge < -0.3 is 4.74 Å². The van der Waals surface area contributed by atoms with Gasteiger partial charge in [0, 0.05) is 13.7 Å². The zero-order valence-corrected chi connectivity index (χ0v) is 9.10. The molecule has 0 aromatic carbocycles. The molecule has 0 aliphatic rings. The molecule has 0 saturated heterocycles. The summed E-state index contributed by atoms with van der Waals surface area (Å²) in [6.45, 7) is 7.83. The van der Waals surface area contributed by atoms with E-state index in [2.05, 4.69) is 20.8 Å². The van der Waals surface area contributed by atoms with E-state index in [-0.39, 0.29) is 0 Å². The number of methoxy groups -OCH3 is 1. The molecule has 2 atom stereocenters. The number of hydrogen-bond donors (Lipinski definition) is 0. The number of rotatable bonds is 7. The molecule has 0 N–H and O–H groups in total. The molecule has 0 aromatic heterocycles. The number of hydrogen-bond acceptors (Lipinski definition) is 1. The lowest BCUT2D eigenvalue weighted by Gasteiger charge is -2.21. The van der Waals surface area contributed by atoms with Crippen LogP contribution in [0.1, 0.15) is 46.5 Å². The van der Waals surface area contributed by atoms with Gasteiger partial charge in [-0.15, -0.1) is 0 Å². The highest BCUT2D eigenvalue weighted by atomic mass is 16.5. The Morgan fingerprint density at radius 2 is 1.83 bits per heavy atom. The molecule has 0 rings (SSSR count). The van der Waals surface area contributed by atoms with Crippen LogP contribution in [0, 0.1) is 11.8 Å². The molecule has 0 heterocycles. The molecule has 74 valence electrons. The van der Waals surface area contributed by atoms with Crippen molar-refractivity contribution in [3.63, 3.8) is 0 Å². The molecule has 0 saturated carbocycles. The van der Waals surface area contributed by atoms with Crippen molar-refractivity contribution in [1.29, 1.82) is 0 Å². The van der Waals surface area contributed by atoms with Gasteiger partial charge in [-0.2, -0.15) is 0 Å². The van der Waals surface area contributed by atoms with Crippen LogP contribution in [0.2, 0.25) is 0 Å². The maximum Gasteiger partial charge on any atom is 0.0464 e. The summed E-state index contributed by atoms with van der Waals surface area (Å²) in [5, 5.41) is 0. The second-order valence-electron chi connectivity index (χ2n) is 3.72. The van der Waals surface area contributed by atoms with E-state index in [1.54, 1.807) is 7.11 Å². The van der Waals surface area contributed by atoms with E-state index in [1.807, 2.05) is 0 Å². The fraction of sp³-hybridized carbons (Fsp3) is 1.00. The fourth-order valence-corrected chi connectivity index (χ4v) is 1.80. The van der Waals surface area contributed by atoms with Gasteiger partial charge in [0.1, 0.15) is 0 Å². The van der Waals surface area contributed by atoms with Crippen LogP contribution in [0.15, 0.2) is 0 Å². The summed E-state index contributed by atoms with van der Waals surface area (Å²) >= 11 is 0. The molecule has 0 aliphatic heterocycles. The molecule has 1 heteroatoms. The SMILES string of the molecule is CCCC(CC)C(C)CCOC. The second-order valence-corrected chi connectivity index (χ2v) is 3.72. The predicted molar refractivity (Wildman–Crippen MR) is 54.3 cm³/mol. The molecule has 2 unspecified atom stereocenters. The third kappa shape index (κ3) is 4.76. The Hall–Kier alpha value is -0.0400. The predicted octanol–water partition coefficient (Wildman–Crippen LogP) is 3.49. The van der Waals surface area contributed by atoms with Gasteiger partial charge >= 0.3 is 0 Å². The first-order valence-corrected chi connectivity index (χ1v) is 5.25. The van der Waals surface area contributed by atoms with Crippen molar-refractivity contribution < 1.29 is 4.74 Å². The summed E-state index contributed by atoms with van der Waals surface area (Å²) < 4.78 is 5.09. The first-order chi connectivity index (χ1) is 5.76. The summed E-state index contributed by atoms with van der Waals surface area (Å²) in [6, 6.07) is 0. The van der Waals surface area contributed by atoms with Gasteiger partial charge in [-0.1, -0.05) is 40.0 Å². The Bertz CT molecular complexity index is 91.0. The fourth-order valence-electron chi connectivity index (χ4n) is 1.80. The molecular formula is C11H24O. The third-order valence-corrected chi connectivity index (χ3v) is 2.77. The summed E-state index contributed by atoms with van der Waals surface area (Å²) in [4.78, 5) is 0. The van der Waals surface area contributed by atoms with Crippen molar-refractivity contribution in [2.75, 3.05) is 13.7 Å². The maximum absolute atomic E-state index is 5.09.